The number of rotatable bonds is 4. The summed E-state index contributed by atoms with van der Waals surface area (Å²) in [5.41, 5.74) is 0.687. The molecule has 1 saturated heterocycles. The van der Waals surface area contributed by atoms with Crippen molar-refractivity contribution in [2.24, 2.45) is 0 Å². The number of halogens is 3. The molecule has 2 N–H and O–H groups in total. The molecule has 0 unspecified atom stereocenters. The molecule has 0 radical (unpaired) electrons. The molecule has 1 aromatic carbocycles. The number of thiazole rings is 1. The van der Waals surface area contributed by atoms with E-state index in [9.17, 15) is 18.0 Å². The third kappa shape index (κ3) is 4.88. The maximum atomic E-state index is 13.1. The Balaban J connectivity index is 1.87. The first-order valence-electron chi connectivity index (χ1n) is 8.26. The molecular formula is C17H18F3N3O2S2. The van der Waals surface area contributed by atoms with Crippen LogP contribution in [0.15, 0.2) is 18.2 Å². The largest absolute Gasteiger partial charge is 0.416 e. The van der Waals surface area contributed by atoms with Gasteiger partial charge in [-0.3, -0.25) is 4.79 Å². The van der Waals surface area contributed by atoms with Crippen molar-refractivity contribution < 1.29 is 22.7 Å². The first-order valence-corrected chi connectivity index (χ1v) is 9.49. The van der Waals surface area contributed by atoms with Crippen LogP contribution in [0, 0.1) is 10.9 Å². The summed E-state index contributed by atoms with van der Waals surface area (Å²) >= 11 is 6.34. The number of H-pyrrole nitrogens is 1. The molecular weight excluding hydrogens is 399 g/mol. The number of aromatic nitrogens is 1. The van der Waals surface area contributed by atoms with Crippen LogP contribution in [-0.2, 0) is 22.1 Å². The van der Waals surface area contributed by atoms with Crippen LogP contribution >= 0.6 is 23.6 Å². The zero-order valence-corrected chi connectivity index (χ0v) is 16.1. The van der Waals surface area contributed by atoms with E-state index in [-0.39, 0.29) is 12.1 Å². The number of aromatic amines is 1. The Bertz CT molecular complexity index is 886. The first-order chi connectivity index (χ1) is 12.7. The Morgan fingerprint density at radius 2 is 2.07 bits per heavy atom. The highest BCUT2D eigenvalue weighted by Crippen LogP contribution is 2.36. The van der Waals surface area contributed by atoms with Crippen molar-refractivity contribution in [2.75, 3.05) is 36.5 Å². The minimum absolute atomic E-state index is 0.0441. The summed E-state index contributed by atoms with van der Waals surface area (Å²) in [5, 5.41) is 2.64. The zero-order valence-electron chi connectivity index (χ0n) is 14.5. The molecule has 1 aromatic heterocycles. The number of benzene rings is 1. The standard InChI is InChI=1S/C17H18F3N3O2S2/c1-10-14(27-16(26)21-10)9-15(24)22-12-8-11(17(18,19)20)2-3-13(12)23-4-6-25-7-5-23/h2-3,8H,4-7,9H2,1H3,(H,21,26)(H,22,24). The van der Waals surface area contributed by atoms with Crippen LogP contribution in [-0.4, -0.2) is 37.2 Å². The normalized spacial score (nSPS) is 15.0. The molecule has 146 valence electrons. The van der Waals surface area contributed by atoms with Crippen LogP contribution in [0.25, 0.3) is 0 Å². The van der Waals surface area contributed by atoms with E-state index in [1.165, 1.54) is 17.4 Å². The smallest absolute Gasteiger partial charge is 0.378 e. The first kappa shape index (κ1) is 19.8. The van der Waals surface area contributed by atoms with Gasteiger partial charge in [0.15, 0.2) is 3.95 Å². The number of nitrogens with one attached hydrogen (secondary N) is 2. The van der Waals surface area contributed by atoms with Gasteiger partial charge in [0.05, 0.1) is 36.6 Å². The molecule has 2 aromatic rings. The SMILES string of the molecule is Cc1[nH]c(=S)sc1CC(=O)Nc1cc(C(F)(F)F)ccc1N1CCOCC1. The minimum Gasteiger partial charge on any atom is -0.378 e. The van der Waals surface area contributed by atoms with Crippen molar-refractivity contribution in [1.29, 1.82) is 0 Å². The summed E-state index contributed by atoms with van der Waals surface area (Å²) in [6.45, 7) is 3.87. The van der Waals surface area contributed by atoms with E-state index < -0.39 is 17.6 Å². The van der Waals surface area contributed by atoms with Gasteiger partial charge < -0.3 is 19.9 Å². The summed E-state index contributed by atoms with van der Waals surface area (Å²) in [5.74, 6) is -0.391. The Hall–Kier alpha value is -1.91. The van der Waals surface area contributed by atoms with Crippen LogP contribution in [0.1, 0.15) is 16.1 Å². The predicted octanol–water partition coefficient (Wildman–Crippen LogP) is 4.15. The van der Waals surface area contributed by atoms with Crippen molar-refractivity contribution in [2.45, 2.75) is 19.5 Å². The van der Waals surface area contributed by atoms with Crippen molar-refractivity contribution in [3.05, 3.63) is 38.3 Å². The third-order valence-electron chi connectivity index (χ3n) is 4.19. The van der Waals surface area contributed by atoms with Crippen LogP contribution in [0.3, 0.4) is 0 Å². The Morgan fingerprint density at radius 3 is 2.67 bits per heavy atom. The van der Waals surface area contributed by atoms with Gasteiger partial charge in [0.1, 0.15) is 0 Å². The Labute approximate surface area is 163 Å². The van der Waals surface area contributed by atoms with Gasteiger partial charge in [-0.2, -0.15) is 13.2 Å². The fourth-order valence-corrected chi connectivity index (χ4v) is 4.13. The molecule has 2 heterocycles. The van der Waals surface area contributed by atoms with E-state index in [4.69, 9.17) is 17.0 Å². The maximum absolute atomic E-state index is 13.1. The second kappa shape index (κ2) is 7.99. The molecule has 0 saturated carbocycles. The molecule has 3 rings (SSSR count). The topological polar surface area (TPSA) is 57.4 Å². The Kier molecular flexibility index (Phi) is 5.87. The van der Waals surface area contributed by atoms with Gasteiger partial charge in [-0.25, -0.2) is 0 Å². The number of amides is 1. The van der Waals surface area contributed by atoms with Gasteiger partial charge in [-0.15, -0.1) is 11.3 Å². The molecule has 1 aliphatic heterocycles. The summed E-state index contributed by atoms with van der Waals surface area (Å²) in [4.78, 5) is 18.1. The molecule has 1 aliphatic rings. The summed E-state index contributed by atoms with van der Waals surface area (Å²) in [7, 11) is 0. The van der Waals surface area contributed by atoms with Crippen LogP contribution < -0.4 is 10.2 Å². The number of morpholine rings is 1. The van der Waals surface area contributed by atoms with E-state index in [1.807, 2.05) is 4.90 Å². The average molecular weight is 417 g/mol. The number of anilines is 2. The highest BCUT2D eigenvalue weighted by Gasteiger charge is 2.32. The van der Waals surface area contributed by atoms with Gasteiger partial charge >= 0.3 is 6.18 Å². The lowest BCUT2D eigenvalue weighted by atomic mass is 10.1. The summed E-state index contributed by atoms with van der Waals surface area (Å²) < 4.78 is 45.2. The lowest BCUT2D eigenvalue weighted by Crippen LogP contribution is -2.37. The fourth-order valence-electron chi connectivity index (χ4n) is 2.84. The second-order valence-corrected chi connectivity index (χ2v) is 7.89. The zero-order chi connectivity index (χ0) is 19.6. The summed E-state index contributed by atoms with van der Waals surface area (Å²) in [6.07, 6.45) is -4.44. The quantitative estimate of drug-likeness (QED) is 0.734. The number of hydrogen-bond acceptors (Lipinski definition) is 5. The van der Waals surface area contributed by atoms with Crippen LogP contribution in [0.5, 0.6) is 0 Å². The van der Waals surface area contributed by atoms with Gasteiger partial charge in [-0.05, 0) is 37.3 Å². The third-order valence-corrected chi connectivity index (χ3v) is 5.53. The molecule has 5 nitrogen and oxygen atoms in total. The molecule has 10 heteroatoms. The number of ether oxygens (including phenoxy) is 1. The van der Waals surface area contributed by atoms with Gasteiger partial charge in [0, 0.05) is 23.7 Å². The fraction of sp³-hybridized carbons (Fsp3) is 0.412. The number of aryl methyl sites for hydroxylation is 1. The van der Waals surface area contributed by atoms with Crippen LogP contribution in [0.4, 0.5) is 24.5 Å². The van der Waals surface area contributed by atoms with Gasteiger partial charge in [0.25, 0.3) is 0 Å². The van der Waals surface area contributed by atoms with E-state index in [2.05, 4.69) is 10.3 Å². The van der Waals surface area contributed by atoms with Crippen LogP contribution in [0.2, 0.25) is 0 Å². The maximum Gasteiger partial charge on any atom is 0.416 e. The van der Waals surface area contributed by atoms with E-state index in [0.29, 0.717) is 35.9 Å². The van der Waals surface area contributed by atoms with E-state index in [0.717, 1.165) is 22.7 Å². The summed E-state index contributed by atoms with van der Waals surface area (Å²) in [6, 6.07) is 3.41. The monoisotopic (exact) mass is 417 g/mol. The highest BCUT2D eigenvalue weighted by atomic mass is 32.1. The highest BCUT2D eigenvalue weighted by molar-refractivity contribution is 7.73. The number of nitrogens with zero attached hydrogens (tertiary/aromatic N) is 1. The van der Waals surface area contributed by atoms with E-state index in [1.54, 1.807) is 6.92 Å². The molecule has 0 aliphatic carbocycles. The van der Waals surface area contributed by atoms with Gasteiger partial charge in [0.2, 0.25) is 5.91 Å². The van der Waals surface area contributed by atoms with Crippen molar-refractivity contribution in [1.82, 2.24) is 4.98 Å². The van der Waals surface area contributed by atoms with Crippen molar-refractivity contribution >= 4 is 40.8 Å². The van der Waals surface area contributed by atoms with Crippen molar-refractivity contribution in [3.8, 4) is 0 Å². The number of carbonyl (C=O) groups is 1. The number of hydrogen-bond donors (Lipinski definition) is 2. The van der Waals surface area contributed by atoms with Crippen molar-refractivity contribution in [3.63, 3.8) is 0 Å². The number of alkyl halides is 3. The molecule has 1 amide bonds. The lowest BCUT2D eigenvalue weighted by Gasteiger charge is -2.31. The van der Waals surface area contributed by atoms with E-state index >= 15 is 0 Å². The molecule has 0 atom stereocenters. The molecule has 1 fully saturated rings. The second-order valence-electron chi connectivity index (χ2n) is 6.12. The van der Waals surface area contributed by atoms with Gasteiger partial charge in [-0.1, -0.05) is 0 Å². The molecule has 0 spiro atoms. The molecule has 0 bridgehead atoms. The number of carbonyl (C=O) groups excluding carboxylic acids is 1. The lowest BCUT2D eigenvalue weighted by molar-refractivity contribution is -0.137. The minimum atomic E-state index is -4.49. The predicted molar refractivity (Wildman–Crippen MR) is 101 cm³/mol. The molecule has 27 heavy (non-hydrogen) atoms. The average Bonchev–Trinajstić information content (AvgIpc) is 2.92. The Morgan fingerprint density at radius 1 is 1.37 bits per heavy atom.